The molecule has 1 aliphatic rings. The van der Waals surface area contributed by atoms with Crippen molar-refractivity contribution in [2.24, 2.45) is 0 Å². The molecule has 0 amide bonds. The van der Waals surface area contributed by atoms with Gasteiger partial charge in [-0.1, -0.05) is 17.7 Å². The molecule has 1 heterocycles. The third-order valence-corrected chi connectivity index (χ3v) is 6.15. The summed E-state index contributed by atoms with van der Waals surface area (Å²) >= 11 is 4.01. The van der Waals surface area contributed by atoms with Crippen LogP contribution in [0.5, 0.6) is 0 Å². The van der Waals surface area contributed by atoms with Gasteiger partial charge in [0.25, 0.3) is 0 Å². The van der Waals surface area contributed by atoms with Crippen LogP contribution in [0.2, 0.25) is 0 Å². The predicted molar refractivity (Wildman–Crippen MR) is 81.7 cm³/mol. The second-order valence-electron chi connectivity index (χ2n) is 4.82. The van der Waals surface area contributed by atoms with Gasteiger partial charge >= 0.3 is 0 Å². The molecule has 0 unspecified atom stereocenters. The summed E-state index contributed by atoms with van der Waals surface area (Å²) in [6.45, 7) is 8.07. The van der Waals surface area contributed by atoms with Crippen LogP contribution in [-0.4, -0.2) is 26.8 Å². The Kier molecular flexibility index (Phi) is 6.75. The second kappa shape index (κ2) is 7.55. The highest BCUT2D eigenvalue weighted by molar-refractivity contribution is 8.18. The Bertz CT molecular complexity index is 267. The van der Waals surface area contributed by atoms with Gasteiger partial charge in [0.15, 0.2) is 0 Å². The van der Waals surface area contributed by atoms with Crippen molar-refractivity contribution in [3.05, 3.63) is 24.3 Å². The first-order valence-electron chi connectivity index (χ1n) is 6.28. The molecule has 1 aliphatic heterocycles. The van der Waals surface area contributed by atoms with Gasteiger partial charge < -0.3 is 5.11 Å². The Hall–Kier alpha value is 0.140. The lowest BCUT2D eigenvalue weighted by molar-refractivity contribution is 0.162. The molecule has 1 nitrogen and oxygen atoms in total. The SMILES string of the molecule is C=CC/C=C(\C)C[C@@H](O)CC1(C)SCCCS1. The lowest BCUT2D eigenvalue weighted by atomic mass is 10.0. The van der Waals surface area contributed by atoms with Crippen LogP contribution in [0.1, 0.15) is 39.5 Å². The summed E-state index contributed by atoms with van der Waals surface area (Å²) in [4.78, 5) is 0. The number of aliphatic hydroxyl groups excluding tert-OH is 1. The minimum atomic E-state index is -0.209. The standard InChI is InChI=1S/C14H24OS2/c1-4-5-7-12(2)10-13(15)11-14(3)16-8-6-9-17-14/h4,7,13,15H,1,5-6,8-11H2,2-3H3/b12-7+/t13-/m1/s1. The molecule has 1 saturated heterocycles. The molecule has 3 heteroatoms. The highest BCUT2D eigenvalue weighted by Crippen LogP contribution is 2.45. The molecule has 0 bridgehead atoms. The zero-order chi connectivity index (χ0) is 12.7. The van der Waals surface area contributed by atoms with Gasteiger partial charge in [-0.25, -0.2) is 0 Å². The molecule has 0 saturated carbocycles. The van der Waals surface area contributed by atoms with Gasteiger partial charge in [-0.3, -0.25) is 0 Å². The van der Waals surface area contributed by atoms with Crippen LogP contribution in [-0.2, 0) is 0 Å². The van der Waals surface area contributed by atoms with E-state index >= 15 is 0 Å². The van der Waals surface area contributed by atoms with Crippen molar-refractivity contribution >= 4 is 23.5 Å². The van der Waals surface area contributed by atoms with E-state index in [0.717, 1.165) is 19.3 Å². The van der Waals surface area contributed by atoms with E-state index in [1.807, 2.05) is 29.6 Å². The number of hydrogen-bond acceptors (Lipinski definition) is 3. The van der Waals surface area contributed by atoms with E-state index in [1.165, 1.54) is 23.5 Å². The van der Waals surface area contributed by atoms with Crippen molar-refractivity contribution in [1.82, 2.24) is 0 Å². The normalized spacial score (nSPS) is 22.2. The van der Waals surface area contributed by atoms with E-state index < -0.39 is 0 Å². The summed E-state index contributed by atoms with van der Waals surface area (Å²) in [5.41, 5.74) is 1.27. The van der Waals surface area contributed by atoms with Crippen LogP contribution in [0.3, 0.4) is 0 Å². The number of rotatable bonds is 6. The fourth-order valence-electron chi connectivity index (χ4n) is 2.03. The van der Waals surface area contributed by atoms with E-state index in [9.17, 15) is 5.11 Å². The minimum absolute atomic E-state index is 0.209. The van der Waals surface area contributed by atoms with Gasteiger partial charge in [-0.05, 0) is 51.0 Å². The summed E-state index contributed by atoms with van der Waals surface area (Å²) in [5, 5.41) is 10.1. The second-order valence-corrected chi connectivity index (χ2v) is 8.28. The molecule has 0 aromatic carbocycles. The van der Waals surface area contributed by atoms with Gasteiger partial charge in [0.1, 0.15) is 0 Å². The van der Waals surface area contributed by atoms with E-state index in [2.05, 4.69) is 26.5 Å². The van der Waals surface area contributed by atoms with E-state index in [1.54, 1.807) is 0 Å². The fourth-order valence-corrected chi connectivity index (χ4v) is 5.11. The van der Waals surface area contributed by atoms with Crippen molar-refractivity contribution in [2.45, 2.75) is 49.7 Å². The molecular weight excluding hydrogens is 248 g/mol. The maximum atomic E-state index is 10.1. The van der Waals surface area contributed by atoms with Crippen LogP contribution in [0.25, 0.3) is 0 Å². The van der Waals surface area contributed by atoms with Crippen molar-refractivity contribution in [1.29, 1.82) is 0 Å². The molecule has 1 atom stereocenters. The van der Waals surface area contributed by atoms with Crippen LogP contribution in [0.4, 0.5) is 0 Å². The molecule has 1 N–H and O–H groups in total. The molecule has 1 rings (SSSR count). The van der Waals surface area contributed by atoms with Crippen molar-refractivity contribution in [2.75, 3.05) is 11.5 Å². The maximum absolute atomic E-state index is 10.1. The summed E-state index contributed by atoms with van der Waals surface area (Å²) in [6, 6.07) is 0. The Morgan fingerprint density at radius 2 is 2.12 bits per heavy atom. The van der Waals surface area contributed by atoms with Crippen molar-refractivity contribution in [3.8, 4) is 0 Å². The monoisotopic (exact) mass is 272 g/mol. The zero-order valence-electron chi connectivity index (χ0n) is 10.9. The molecular formula is C14H24OS2. The summed E-state index contributed by atoms with van der Waals surface area (Å²) in [7, 11) is 0. The molecule has 0 aromatic rings. The van der Waals surface area contributed by atoms with Gasteiger partial charge in [-0.2, -0.15) is 0 Å². The highest BCUT2D eigenvalue weighted by Gasteiger charge is 2.30. The minimum Gasteiger partial charge on any atom is -0.393 e. The number of thioether (sulfide) groups is 2. The number of allylic oxidation sites excluding steroid dienone is 2. The summed E-state index contributed by atoms with van der Waals surface area (Å²) in [6.07, 6.45) is 7.73. The van der Waals surface area contributed by atoms with Crippen molar-refractivity contribution in [3.63, 3.8) is 0 Å². The molecule has 0 aliphatic carbocycles. The fraction of sp³-hybridized carbons (Fsp3) is 0.714. The van der Waals surface area contributed by atoms with Crippen molar-refractivity contribution < 1.29 is 5.11 Å². The van der Waals surface area contributed by atoms with Crippen LogP contribution >= 0.6 is 23.5 Å². The van der Waals surface area contributed by atoms with Gasteiger partial charge in [0.05, 0.1) is 10.2 Å². The summed E-state index contributed by atoms with van der Waals surface area (Å²) < 4.78 is 0.219. The van der Waals surface area contributed by atoms with Gasteiger partial charge in [-0.15, -0.1) is 30.1 Å². The van der Waals surface area contributed by atoms with E-state index in [4.69, 9.17) is 0 Å². The first-order chi connectivity index (χ1) is 8.06. The van der Waals surface area contributed by atoms with Crippen LogP contribution < -0.4 is 0 Å². The molecule has 17 heavy (non-hydrogen) atoms. The maximum Gasteiger partial charge on any atom is 0.0607 e. The highest BCUT2D eigenvalue weighted by atomic mass is 32.2. The van der Waals surface area contributed by atoms with E-state index in [0.29, 0.717) is 0 Å². The average Bonchev–Trinajstić information content (AvgIpc) is 2.26. The Balaban J connectivity index is 2.37. The average molecular weight is 272 g/mol. The third kappa shape index (κ3) is 6.03. The number of hydrogen-bond donors (Lipinski definition) is 1. The molecule has 1 fully saturated rings. The first kappa shape index (κ1) is 15.2. The molecule has 98 valence electrons. The van der Waals surface area contributed by atoms with E-state index in [-0.39, 0.29) is 10.2 Å². The Labute approximate surface area is 114 Å². The van der Waals surface area contributed by atoms with Crippen LogP contribution in [0.15, 0.2) is 24.3 Å². The topological polar surface area (TPSA) is 20.2 Å². The molecule has 0 aromatic heterocycles. The van der Waals surface area contributed by atoms with Crippen LogP contribution in [0, 0.1) is 0 Å². The quantitative estimate of drug-likeness (QED) is 0.731. The van der Waals surface area contributed by atoms with Gasteiger partial charge in [0.2, 0.25) is 0 Å². The Morgan fingerprint density at radius 3 is 2.71 bits per heavy atom. The molecule has 0 spiro atoms. The molecule has 0 radical (unpaired) electrons. The van der Waals surface area contributed by atoms with Gasteiger partial charge in [0, 0.05) is 0 Å². The smallest absolute Gasteiger partial charge is 0.0607 e. The predicted octanol–water partition coefficient (Wildman–Crippen LogP) is 4.24. The number of aliphatic hydroxyl groups is 1. The lowest BCUT2D eigenvalue weighted by Crippen LogP contribution is -2.27. The Morgan fingerprint density at radius 1 is 1.47 bits per heavy atom. The largest absolute Gasteiger partial charge is 0.393 e. The summed E-state index contributed by atoms with van der Waals surface area (Å²) in [5.74, 6) is 2.48. The zero-order valence-corrected chi connectivity index (χ0v) is 12.6. The third-order valence-electron chi connectivity index (χ3n) is 2.90. The first-order valence-corrected chi connectivity index (χ1v) is 8.25. The lowest BCUT2D eigenvalue weighted by Gasteiger charge is -2.34.